The monoisotopic (exact) mass is 146 g/mol. The fourth-order valence-corrected chi connectivity index (χ4v) is 1.22. The minimum absolute atomic E-state index is 0.148. The molecule has 1 unspecified atom stereocenters. The molecule has 0 aromatic carbocycles. The molecule has 1 aliphatic rings. The fourth-order valence-electron chi connectivity index (χ4n) is 1.22. The maximum atomic E-state index is 5.35. The van der Waals surface area contributed by atoms with Crippen molar-refractivity contribution in [1.29, 1.82) is 0 Å². The van der Waals surface area contributed by atoms with Crippen LogP contribution in [0.4, 0.5) is 0 Å². The van der Waals surface area contributed by atoms with E-state index in [1.54, 1.807) is 14.2 Å². The lowest BCUT2D eigenvalue weighted by Crippen LogP contribution is -2.28. The summed E-state index contributed by atoms with van der Waals surface area (Å²) in [6.45, 7) is 0.841. The predicted molar refractivity (Wildman–Crippen MR) is 36.8 cm³/mol. The van der Waals surface area contributed by atoms with E-state index in [0.29, 0.717) is 0 Å². The van der Waals surface area contributed by atoms with Gasteiger partial charge in [0, 0.05) is 20.8 Å². The molecule has 60 valence electrons. The van der Waals surface area contributed by atoms with Crippen molar-refractivity contribution in [2.75, 3.05) is 20.8 Å². The van der Waals surface area contributed by atoms with Crippen molar-refractivity contribution in [1.82, 2.24) is 0 Å². The number of methoxy groups -OCH3 is 2. The van der Waals surface area contributed by atoms with E-state index in [1.807, 2.05) is 0 Å². The Kier molecular flexibility index (Phi) is 3.12. The van der Waals surface area contributed by atoms with E-state index >= 15 is 0 Å². The highest BCUT2D eigenvalue weighted by Gasteiger charge is 2.25. The molecular weight excluding hydrogens is 132 g/mol. The van der Waals surface area contributed by atoms with E-state index in [1.165, 1.54) is 0 Å². The molecule has 0 N–H and O–H groups in total. The standard InChI is InChI=1S/C7H14O3/c1-8-7(9-2)6-4-3-5-10-6/h6-7H,3-5H2,1-2H3. The van der Waals surface area contributed by atoms with Gasteiger partial charge in [-0.3, -0.25) is 0 Å². The Morgan fingerprint density at radius 1 is 1.40 bits per heavy atom. The van der Waals surface area contributed by atoms with E-state index in [-0.39, 0.29) is 12.4 Å². The second-order valence-corrected chi connectivity index (χ2v) is 2.39. The molecule has 3 nitrogen and oxygen atoms in total. The topological polar surface area (TPSA) is 27.7 Å². The van der Waals surface area contributed by atoms with Crippen molar-refractivity contribution in [3.8, 4) is 0 Å². The lowest BCUT2D eigenvalue weighted by molar-refractivity contribution is -0.167. The summed E-state index contributed by atoms with van der Waals surface area (Å²) in [7, 11) is 3.27. The number of rotatable bonds is 3. The highest BCUT2D eigenvalue weighted by Crippen LogP contribution is 2.17. The average Bonchev–Trinajstić information content (AvgIpc) is 2.43. The molecule has 0 spiro atoms. The molecule has 0 amide bonds. The Hall–Kier alpha value is -0.120. The van der Waals surface area contributed by atoms with Gasteiger partial charge in [-0.15, -0.1) is 0 Å². The van der Waals surface area contributed by atoms with Gasteiger partial charge in [0.1, 0.15) is 6.10 Å². The van der Waals surface area contributed by atoms with Gasteiger partial charge in [0.05, 0.1) is 0 Å². The van der Waals surface area contributed by atoms with E-state index < -0.39 is 0 Å². The van der Waals surface area contributed by atoms with E-state index in [2.05, 4.69) is 0 Å². The van der Waals surface area contributed by atoms with Gasteiger partial charge >= 0.3 is 0 Å². The summed E-state index contributed by atoms with van der Waals surface area (Å²) in [6, 6.07) is 0. The molecule has 1 aliphatic heterocycles. The first-order valence-corrected chi connectivity index (χ1v) is 3.55. The summed E-state index contributed by atoms with van der Waals surface area (Å²) in [5, 5.41) is 0. The van der Waals surface area contributed by atoms with Gasteiger partial charge < -0.3 is 14.2 Å². The molecule has 0 saturated carbocycles. The minimum Gasteiger partial charge on any atom is -0.373 e. The van der Waals surface area contributed by atoms with Gasteiger partial charge in [-0.05, 0) is 12.8 Å². The van der Waals surface area contributed by atoms with Gasteiger partial charge in [0.25, 0.3) is 0 Å². The summed E-state index contributed by atoms with van der Waals surface area (Å²) in [5.74, 6) is 0. The molecule has 0 aromatic heterocycles. The third-order valence-electron chi connectivity index (χ3n) is 1.73. The van der Waals surface area contributed by atoms with Crippen LogP contribution in [0, 0.1) is 0 Å². The molecule has 0 radical (unpaired) electrons. The smallest absolute Gasteiger partial charge is 0.182 e. The third kappa shape index (κ3) is 1.68. The molecule has 1 heterocycles. The van der Waals surface area contributed by atoms with Gasteiger partial charge in [0.15, 0.2) is 6.29 Å². The largest absolute Gasteiger partial charge is 0.373 e. The number of hydrogen-bond donors (Lipinski definition) is 0. The highest BCUT2D eigenvalue weighted by molar-refractivity contribution is 4.67. The SMILES string of the molecule is COC(OC)C1CCCO1. The molecule has 1 saturated heterocycles. The average molecular weight is 146 g/mol. The lowest BCUT2D eigenvalue weighted by atomic mass is 10.2. The first-order valence-electron chi connectivity index (χ1n) is 3.55. The van der Waals surface area contributed by atoms with Crippen LogP contribution in [-0.4, -0.2) is 33.2 Å². The second-order valence-electron chi connectivity index (χ2n) is 2.39. The first kappa shape index (κ1) is 7.98. The Labute approximate surface area is 61.3 Å². The molecule has 10 heavy (non-hydrogen) atoms. The van der Waals surface area contributed by atoms with E-state index in [4.69, 9.17) is 14.2 Å². The quantitative estimate of drug-likeness (QED) is 0.551. The summed E-state index contributed by atoms with van der Waals surface area (Å²) in [6.07, 6.45) is 2.14. The van der Waals surface area contributed by atoms with Crippen molar-refractivity contribution >= 4 is 0 Å². The maximum absolute atomic E-state index is 5.35. The zero-order valence-electron chi connectivity index (χ0n) is 6.50. The molecule has 0 aromatic rings. The Bertz CT molecular complexity index is 84.9. The number of ether oxygens (including phenoxy) is 3. The van der Waals surface area contributed by atoms with Gasteiger partial charge in [0.2, 0.25) is 0 Å². The fraction of sp³-hybridized carbons (Fsp3) is 1.00. The third-order valence-corrected chi connectivity index (χ3v) is 1.73. The lowest BCUT2D eigenvalue weighted by Gasteiger charge is -2.18. The van der Waals surface area contributed by atoms with Crippen LogP contribution in [0.25, 0.3) is 0 Å². The summed E-state index contributed by atoms with van der Waals surface area (Å²) in [4.78, 5) is 0. The van der Waals surface area contributed by atoms with E-state index in [0.717, 1.165) is 19.4 Å². The van der Waals surface area contributed by atoms with Crippen LogP contribution in [0.2, 0.25) is 0 Å². The zero-order valence-corrected chi connectivity index (χ0v) is 6.50. The first-order chi connectivity index (χ1) is 4.88. The van der Waals surface area contributed by atoms with Crippen LogP contribution < -0.4 is 0 Å². The Balaban J connectivity index is 2.29. The van der Waals surface area contributed by atoms with Crippen molar-refractivity contribution < 1.29 is 14.2 Å². The van der Waals surface area contributed by atoms with Crippen molar-refractivity contribution in [2.24, 2.45) is 0 Å². The normalized spacial score (nSPS) is 26.1. The molecule has 1 rings (SSSR count). The molecule has 0 aliphatic carbocycles. The summed E-state index contributed by atoms with van der Waals surface area (Å²) in [5.41, 5.74) is 0. The second kappa shape index (κ2) is 3.91. The van der Waals surface area contributed by atoms with Crippen LogP contribution in [0.5, 0.6) is 0 Å². The molecule has 1 atom stereocenters. The van der Waals surface area contributed by atoms with Gasteiger partial charge in [-0.2, -0.15) is 0 Å². The minimum atomic E-state index is -0.178. The zero-order chi connectivity index (χ0) is 7.40. The molecule has 1 fully saturated rings. The number of hydrogen-bond acceptors (Lipinski definition) is 3. The molecule has 0 bridgehead atoms. The van der Waals surface area contributed by atoms with Crippen molar-refractivity contribution in [3.05, 3.63) is 0 Å². The van der Waals surface area contributed by atoms with Crippen LogP contribution in [-0.2, 0) is 14.2 Å². The van der Waals surface area contributed by atoms with Crippen LogP contribution in [0.3, 0.4) is 0 Å². The Morgan fingerprint density at radius 3 is 2.50 bits per heavy atom. The van der Waals surface area contributed by atoms with Gasteiger partial charge in [-0.1, -0.05) is 0 Å². The molecular formula is C7H14O3. The summed E-state index contributed by atoms with van der Waals surface area (Å²) < 4.78 is 15.4. The van der Waals surface area contributed by atoms with Gasteiger partial charge in [-0.25, -0.2) is 0 Å². The maximum Gasteiger partial charge on any atom is 0.182 e. The van der Waals surface area contributed by atoms with Crippen molar-refractivity contribution in [2.45, 2.75) is 25.2 Å². The molecule has 3 heteroatoms. The summed E-state index contributed by atoms with van der Waals surface area (Å²) >= 11 is 0. The van der Waals surface area contributed by atoms with Crippen LogP contribution >= 0.6 is 0 Å². The van der Waals surface area contributed by atoms with E-state index in [9.17, 15) is 0 Å². The predicted octanol–water partition coefficient (Wildman–Crippen LogP) is 0.784. The Morgan fingerprint density at radius 2 is 2.10 bits per heavy atom. The highest BCUT2D eigenvalue weighted by atomic mass is 16.7. The van der Waals surface area contributed by atoms with Crippen LogP contribution in [0.1, 0.15) is 12.8 Å². The van der Waals surface area contributed by atoms with Crippen molar-refractivity contribution in [3.63, 3.8) is 0 Å². The van der Waals surface area contributed by atoms with Crippen LogP contribution in [0.15, 0.2) is 0 Å².